The zero-order valence-electron chi connectivity index (χ0n) is 13.0. The molecule has 0 fully saturated rings. The molecule has 0 atom stereocenters. The van der Waals surface area contributed by atoms with E-state index in [1.165, 1.54) is 0 Å². The Labute approximate surface area is 145 Å². The van der Waals surface area contributed by atoms with Crippen molar-refractivity contribution in [3.8, 4) is 0 Å². The highest BCUT2D eigenvalue weighted by atomic mass is 32.2. The average molecular weight is 439 g/mol. The molecule has 0 aromatic carbocycles. The van der Waals surface area contributed by atoms with Crippen molar-refractivity contribution in [2.45, 2.75) is 42.3 Å². The predicted octanol–water partition coefficient (Wildman–Crippen LogP) is 4.50. The van der Waals surface area contributed by atoms with Gasteiger partial charge >= 0.3 is 39.1 Å². The first kappa shape index (κ1) is 25.4. The maximum atomic E-state index is 12.9. The molecule has 0 radical (unpaired) electrons. The van der Waals surface area contributed by atoms with Crippen molar-refractivity contribution >= 4 is 10.1 Å². The molecule has 0 spiro atoms. The molecule has 27 heavy (non-hydrogen) atoms. The van der Waals surface area contributed by atoms with E-state index in [9.17, 15) is 52.3 Å². The summed E-state index contributed by atoms with van der Waals surface area (Å²) in [6.07, 6.45) is 1.36. The van der Waals surface area contributed by atoms with Gasteiger partial charge in [-0.3, -0.25) is 9.54 Å². The minimum atomic E-state index is -7.52. The van der Waals surface area contributed by atoms with E-state index >= 15 is 0 Å². The molecule has 0 aliphatic carbocycles. The van der Waals surface area contributed by atoms with Gasteiger partial charge in [0.25, 0.3) is 0 Å². The van der Waals surface area contributed by atoms with Gasteiger partial charge in [-0.25, -0.2) is 0 Å². The maximum absolute atomic E-state index is 12.9. The molecule has 0 bridgehead atoms. The summed E-state index contributed by atoms with van der Waals surface area (Å²) in [6, 6.07) is 5.72. The van der Waals surface area contributed by atoms with E-state index in [2.05, 4.69) is 4.98 Å². The number of nitrogens with zero attached hydrogens (tertiary/aromatic N) is 1. The van der Waals surface area contributed by atoms with Crippen LogP contribution in [0.25, 0.3) is 0 Å². The van der Waals surface area contributed by atoms with Crippen LogP contribution < -0.4 is 0 Å². The zero-order valence-corrected chi connectivity index (χ0v) is 13.8. The summed E-state index contributed by atoms with van der Waals surface area (Å²) in [5.41, 5.74) is 0. The van der Waals surface area contributed by atoms with Crippen LogP contribution in [0.3, 0.4) is 0 Å². The lowest BCUT2D eigenvalue weighted by Crippen LogP contribution is -2.68. The molecule has 1 N–H and O–H groups in total. The largest absolute Gasteiger partial charge is 0.438 e. The summed E-state index contributed by atoms with van der Waals surface area (Å²) in [5.74, 6) is -27.9. The fourth-order valence-electron chi connectivity index (χ4n) is 1.31. The summed E-state index contributed by atoms with van der Waals surface area (Å²) in [7, 11) is -7.30. The first-order chi connectivity index (χ1) is 11.8. The number of pyridine rings is 1. The lowest BCUT2D eigenvalue weighted by atomic mass is 9.97. The lowest BCUT2D eigenvalue weighted by Gasteiger charge is -2.38. The van der Waals surface area contributed by atoms with Gasteiger partial charge in [0.2, 0.25) is 0 Å². The molecule has 0 amide bonds. The third-order valence-corrected chi connectivity index (χ3v) is 3.85. The Kier molecular flexibility index (Phi) is 7.30. The number of alkyl halides is 10. The Morgan fingerprint density at radius 3 is 1.41 bits per heavy atom. The van der Waals surface area contributed by atoms with Crippen LogP contribution in [0.2, 0.25) is 0 Å². The van der Waals surface area contributed by atoms with Gasteiger partial charge in [0.05, 0.1) is 0 Å². The van der Waals surface area contributed by atoms with E-state index in [1.54, 1.807) is 12.4 Å². The molecule has 1 rings (SSSR count). The Morgan fingerprint density at radius 2 is 1.19 bits per heavy atom. The third kappa shape index (κ3) is 4.44. The SMILES string of the molecule is CCC(F)(F)C(F)(F)C(F)(F)C(F)(F)C(F)(F)S(=O)(=O)O.c1ccncc1. The van der Waals surface area contributed by atoms with Crippen LogP contribution in [0, 0.1) is 0 Å². The highest BCUT2D eigenvalue weighted by Crippen LogP contribution is 2.58. The van der Waals surface area contributed by atoms with Gasteiger partial charge in [-0.1, -0.05) is 13.0 Å². The molecule has 0 aliphatic rings. The molecule has 158 valence electrons. The first-order valence-corrected chi connectivity index (χ1v) is 7.96. The van der Waals surface area contributed by atoms with Crippen molar-refractivity contribution < 1.29 is 56.9 Å². The quantitative estimate of drug-likeness (QED) is 0.524. The van der Waals surface area contributed by atoms with E-state index < -0.39 is 45.5 Å². The first-order valence-electron chi connectivity index (χ1n) is 6.52. The van der Waals surface area contributed by atoms with Gasteiger partial charge in [-0.05, 0) is 12.1 Å². The van der Waals surface area contributed by atoms with E-state index in [0.29, 0.717) is 0 Å². The monoisotopic (exact) mass is 439 g/mol. The van der Waals surface area contributed by atoms with E-state index in [1.807, 2.05) is 18.2 Å². The molecule has 15 heteroatoms. The van der Waals surface area contributed by atoms with E-state index in [4.69, 9.17) is 4.55 Å². The summed E-state index contributed by atoms with van der Waals surface area (Å²) in [5, 5.41) is -7.13. The third-order valence-electron chi connectivity index (χ3n) is 2.95. The fourth-order valence-corrected chi connectivity index (χ4v) is 1.76. The Hall–Kier alpha value is -1.64. The number of aromatic nitrogens is 1. The molecular formula is C12H11F10NO3S. The van der Waals surface area contributed by atoms with E-state index in [-0.39, 0.29) is 6.92 Å². The standard InChI is InChI=1S/C7H6F10O3S.C5H5N/c1-2-3(8,9)4(10,11)5(12,13)6(14,15)7(16,17)21(18,19)20;1-2-4-6-5-3-1/h2H2,1H3,(H,18,19,20);1-5H. The van der Waals surface area contributed by atoms with Crippen molar-refractivity contribution in [2.75, 3.05) is 0 Å². The molecule has 1 aromatic heterocycles. The van der Waals surface area contributed by atoms with Crippen molar-refractivity contribution in [1.82, 2.24) is 4.98 Å². The molecule has 4 nitrogen and oxygen atoms in total. The van der Waals surface area contributed by atoms with E-state index in [0.717, 1.165) is 0 Å². The van der Waals surface area contributed by atoms with Crippen LogP contribution in [0.4, 0.5) is 43.9 Å². The second kappa shape index (κ2) is 7.77. The van der Waals surface area contributed by atoms with Crippen molar-refractivity contribution in [3.05, 3.63) is 30.6 Å². The van der Waals surface area contributed by atoms with Crippen LogP contribution in [-0.4, -0.2) is 46.9 Å². The molecule has 0 unspecified atom stereocenters. The highest BCUT2D eigenvalue weighted by molar-refractivity contribution is 7.87. The lowest BCUT2D eigenvalue weighted by molar-refractivity contribution is -0.390. The maximum Gasteiger partial charge on any atom is 0.438 e. The van der Waals surface area contributed by atoms with Crippen LogP contribution in [0.5, 0.6) is 0 Å². The second-order valence-electron chi connectivity index (χ2n) is 4.80. The highest BCUT2D eigenvalue weighted by Gasteiger charge is 2.88. The zero-order chi connectivity index (χ0) is 21.9. The average Bonchev–Trinajstić information content (AvgIpc) is 2.55. The predicted molar refractivity (Wildman–Crippen MR) is 70.8 cm³/mol. The van der Waals surface area contributed by atoms with Crippen molar-refractivity contribution in [2.24, 2.45) is 0 Å². The smallest absolute Gasteiger partial charge is 0.281 e. The van der Waals surface area contributed by atoms with Crippen molar-refractivity contribution in [3.63, 3.8) is 0 Å². The van der Waals surface area contributed by atoms with Crippen LogP contribution >= 0.6 is 0 Å². The minimum absolute atomic E-state index is 0.170. The Bertz CT molecular complexity index is 683. The van der Waals surface area contributed by atoms with Crippen molar-refractivity contribution in [1.29, 1.82) is 0 Å². The molecule has 1 aromatic rings. The summed E-state index contributed by atoms with van der Waals surface area (Å²) >= 11 is 0. The Morgan fingerprint density at radius 1 is 0.778 bits per heavy atom. The van der Waals surface area contributed by atoms with Gasteiger partial charge in [0, 0.05) is 18.8 Å². The summed E-state index contributed by atoms with van der Waals surface area (Å²) < 4.78 is 155. The molecule has 1 heterocycles. The number of hydrogen-bond donors (Lipinski definition) is 1. The number of hydrogen-bond acceptors (Lipinski definition) is 3. The summed E-state index contributed by atoms with van der Waals surface area (Å²) in [4.78, 5) is 3.78. The second-order valence-corrected chi connectivity index (χ2v) is 6.26. The molecule has 0 saturated heterocycles. The fraction of sp³-hybridized carbons (Fsp3) is 0.583. The number of rotatable bonds is 6. The molecule has 0 aliphatic heterocycles. The summed E-state index contributed by atoms with van der Waals surface area (Å²) in [6.45, 7) is 0.170. The number of halogens is 10. The topological polar surface area (TPSA) is 67.3 Å². The molecular weight excluding hydrogens is 428 g/mol. The van der Waals surface area contributed by atoms with Crippen LogP contribution in [-0.2, 0) is 10.1 Å². The van der Waals surface area contributed by atoms with Gasteiger partial charge in [-0.2, -0.15) is 52.3 Å². The van der Waals surface area contributed by atoms with Gasteiger partial charge < -0.3 is 0 Å². The molecule has 0 saturated carbocycles. The Balaban J connectivity index is 0.000000941. The van der Waals surface area contributed by atoms with Gasteiger partial charge in [0.15, 0.2) is 0 Å². The van der Waals surface area contributed by atoms with Crippen LogP contribution in [0.1, 0.15) is 13.3 Å². The van der Waals surface area contributed by atoms with Gasteiger partial charge in [0.1, 0.15) is 0 Å². The van der Waals surface area contributed by atoms with Crippen LogP contribution in [0.15, 0.2) is 30.6 Å². The minimum Gasteiger partial charge on any atom is -0.281 e. The normalized spacial score (nSPS) is 14.4. The van der Waals surface area contributed by atoms with Gasteiger partial charge in [-0.15, -0.1) is 0 Å².